The van der Waals surface area contributed by atoms with Gasteiger partial charge < -0.3 is 9.47 Å². The van der Waals surface area contributed by atoms with Crippen LogP contribution < -0.4 is 11.2 Å². The van der Waals surface area contributed by atoms with Gasteiger partial charge in [0, 0.05) is 6.20 Å². The van der Waals surface area contributed by atoms with Crippen molar-refractivity contribution < 1.29 is 19.1 Å². The summed E-state index contributed by atoms with van der Waals surface area (Å²) in [6.45, 7) is 2.84. The molecule has 0 bridgehead atoms. The Morgan fingerprint density at radius 2 is 1.92 bits per heavy atom. The predicted molar refractivity (Wildman–Crippen MR) is 86.3 cm³/mol. The normalized spacial score (nSPS) is 10.8. The summed E-state index contributed by atoms with van der Waals surface area (Å²) in [5.41, 5.74) is -2.20. The van der Waals surface area contributed by atoms with Crippen molar-refractivity contribution in [3.63, 3.8) is 0 Å². The Morgan fingerprint density at radius 3 is 2.46 bits per heavy atom. The first-order valence-electron chi connectivity index (χ1n) is 6.88. The molecule has 0 N–H and O–H groups in total. The summed E-state index contributed by atoms with van der Waals surface area (Å²) < 4.78 is 10.9. The van der Waals surface area contributed by atoms with Crippen LogP contribution in [0.5, 0.6) is 0 Å². The average Bonchev–Trinajstić information content (AvgIpc) is 2.53. The number of halogens is 1. The van der Waals surface area contributed by atoms with Crippen molar-refractivity contribution in [3.05, 3.63) is 38.1 Å². The first-order chi connectivity index (χ1) is 11.4. The number of carbonyl (C=O) groups excluding carboxylic acids is 2. The van der Waals surface area contributed by atoms with E-state index < -0.39 is 28.9 Å². The number of terminal acetylenes is 1. The van der Waals surface area contributed by atoms with Gasteiger partial charge in [0.25, 0.3) is 5.56 Å². The van der Waals surface area contributed by atoms with Crippen molar-refractivity contribution in [2.24, 2.45) is 0 Å². The van der Waals surface area contributed by atoms with Crippen LogP contribution in [-0.2, 0) is 25.6 Å². The fourth-order valence-electron chi connectivity index (χ4n) is 1.70. The Labute approximate surface area is 142 Å². The molecular formula is C15H15ClN2O6. The average molecular weight is 355 g/mol. The minimum Gasteiger partial charge on any atom is -0.463 e. The minimum atomic E-state index is -0.963. The quantitative estimate of drug-likeness (QED) is 0.413. The molecule has 0 aliphatic rings. The molecule has 1 aromatic heterocycles. The van der Waals surface area contributed by atoms with Crippen molar-refractivity contribution in [3.8, 4) is 12.3 Å². The van der Waals surface area contributed by atoms with Crippen LogP contribution in [0.2, 0.25) is 5.02 Å². The Morgan fingerprint density at radius 1 is 1.29 bits per heavy atom. The fraction of sp³-hybridized carbons (Fsp3) is 0.333. The topological polar surface area (TPSA) is 96.6 Å². The molecular weight excluding hydrogens is 340 g/mol. The van der Waals surface area contributed by atoms with Gasteiger partial charge in [0.1, 0.15) is 10.7 Å². The molecule has 0 radical (unpaired) electrons. The van der Waals surface area contributed by atoms with Crippen LogP contribution in [0, 0.1) is 12.3 Å². The Hall–Kier alpha value is -2.79. The van der Waals surface area contributed by atoms with E-state index in [1.807, 2.05) is 0 Å². The molecule has 0 saturated carbocycles. The zero-order chi connectivity index (χ0) is 18.3. The van der Waals surface area contributed by atoms with Crippen LogP contribution >= 0.6 is 11.6 Å². The fourth-order valence-corrected chi connectivity index (χ4v) is 1.90. The maximum absolute atomic E-state index is 12.4. The summed E-state index contributed by atoms with van der Waals surface area (Å²) in [5, 5.41) is -0.357. The lowest BCUT2D eigenvalue weighted by atomic mass is 10.3. The van der Waals surface area contributed by atoms with Gasteiger partial charge in [-0.15, -0.1) is 6.42 Å². The number of hydrogen-bond acceptors (Lipinski definition) is 6. The second-order valence-electron chi connectivity index (χ2n) is 4.23. The van der Waals surface area contributed by atoms with Gasteiger partial charge in [-0.2, -0.15) is 0 Å². The van der Waals surface area contributed by atoms with E-state index in [1.54, 1.807) is 13.8 Å². The van der Waals surface area contributed by atoms with Crippen molar-refractivity contribution in [1.29, 1.82) is 0 Å². The van der Waals surface area contributed by atoms with Gasteiger partial charge in [-0.05, 0) is 13.8 Å². The number of nitrogens with zero attached hydrogens (tertiary/aromatic N) is 2. The molecule has 0 aliphatic heterocycles. The number of aromatic nitrogens is 2. The highest BCUT2D eigenvalue weighted by atomic mass is 35.5. The summed E-state index contributed by atoms with van der Waals surface area (Å²) in [4.78, 5) is 48.0. The van der Waals surface area contributed by atoms with E-state index in [-0.39, 0.29) is 24.8 Å². The van der Waals surface area contributed by atoms with Crippen LogP contribution in [0.1, 0.15) is 13.8 Å². The van der Waals surface area contributed by atoms with E-state index in [9.17, 15) is 19.2 Å². The van der Waals surface area contributed by atoms with Crippen LogP contribution in [0.4, 0.5) is 0 Å². The zero-order valence-electron chi connectivity index (χ0n) is 13.1. The zero-order valence-corrected chi connectivity index (χ0v) is 13.8. The Balaban J connectivity index is 3.63. The summed E-state index contributed by atoms with van der Waals surface area (Å²) in [7, 11) is 0. The third-order valence-corrected chi connectivity index (χ3v) is 2.92. The molecule has 1 heterocycles. The van der Waals surface area contributed by atoms with Gasteiger partial charge in [-0.1, -0.05) is 17.5 Å². The lowest BCUT2D eigenvalue weighted by Crippen LogP contribution is -2.40. The molecule has 0 unspecified atom stereocenters. The Kier molecular flexibility index (Phi) is 7.01. The summed E-state index contributed by atoms with van der Waals surface area (Å²) >= 11 is 5.79. The summed E-state index contributed by atoms with van der Waals surface area (Å²) in [6.07, 6.45) is 6.82. The second kappa shape index (κ2) is 8.74. The number of hydrogen-bond donors (Lipinski definition) is 0. The molecule has 0 spiro atoms. The third kappa shape index (κ3) is 4.36. The highest BCUT2D eigenvalue weighted by molar-refractivity contribution is 6.30. The van der Waals surface area contributed by atoms with Crippen LogP contribution in [0.15, 0.2) is 21.9 Å². The molecule has 24 heavy (non-hydrogen) atoms. The van der Waals surface area contributed by atoms with Crippen LogP contribution in [0.3, 0.4) is 0 Å². The van der Waals surface area contributed by atoms with Crippen molar-refractivity contribution in [2.75, 3.05) is 13.2 Å². The summed E-state index contributed by atoms with van der Waals surface area (Å²) in [5.74, 6) is 0.312. The molecule has 1 aromatic rings. The molecule has 0 saturated heterocycles. The van der Waals surface area contributed by atoms with Crippen molar-refractivity contribution in [2.45, 2.75) is 20.4 Å². The molecule has 0 amide bonds. The highest BCUT2D eigenvalue weighted by Gasteiger charge is 2.20. The molecule has 128 valence electrons. The predicted octanol–water partition coefficient (Wildman–Crippen LogP) is 0.264. The smallest absolute Gasteiger partial charge is 0.355 e. The van der Waals surface area contributed by atoms with Gasteiger partial charge in [0.15, 0.2) is 0 Å². The van der Waals surface area contributed by atoms with E-state index >= 15 is 0 Å². The SMILES string of the molecule is C#CCn1c(=O)c(Cl)cn(C(=CC(=O)OCC)C(=O)OCC)c1=O. The lowest BCUT2D eigenvalue weighted by molar-refractivity contribution is -0.139. The molecule has 0 atom stereocenters. The van der Waals surface area contributed by atoms with E-state index in [0.717, 1.165) is 16.8 Å². The molecule has 1 rings (SSSR count). The molecule has 0 fully saturated rings. The number of rotatable bonds is 6. The third-order valence-electron chi connectivity index (χ3n) is 2.66. The van der Waals surface area contributed by atoms with Crippen LogP contribution in [0.25, 0.3) is 5.70 Å². The first kappa shape index (κ1) is 19.3. The molecule has 0 aliphatic carbocycles. The maximum atomic E-state index is 12.4. The minimum absolute atomic E-state index is 0.00543. The summed E-state index contributed by atoms with van der Waals surface area (Å²) in [6, 6.07) is 0. The molecule has 9 heteroatoms. The van der Waals surface area contributed by atoms with E-state index in [0.29, 0.717) is 4.57 Å². The van der Waals surface area contributed by atoms with Gasteiger partial charge in [0.2, 0.25) is 0 Å². The van der Waals surface area contributed by atoms with Crippen LogP contribution in [-0.4, -0.2) is 34.3 Å². The van der Waals surface area contributed by atoms with E-state index in [2.05, 4.69) is 5.92 Å². The number of ether oxygens (including phenoxy) is 2. The maximum Gasteiger partial charge on any atom is 0.355 e. The van der Waals surface area contributed by atoms with E-state index in [1.165, 1.54) is 0 Å². The van der Waals surface area contributed by atoms with E-state index in [4.69, 9.17) is 27.5 Å². The van der Waals surface area contributed by atoms with Gasteiger partial charge >= 0.3 is 17.6 Å². The number of esters is 2. The molecule has 8 nitrogen and oxygen atoms in total. The highest BCUT2D eigenvalue weighted by Crippen LogP contribution is 2.08. The van der Waals surface area contributed by atoms with Crippen molar-refractivity contribution >= 4 is 29.2 Å². The first-order valence-corrected chi connectivity index (χ1v) is 7.26. The second-order valence-corrected chi connectivity index (χ2v) is 4.63. The van der Waals surface area contributed by atoms with Gasteiger partial charge in [0.05, 0.1) is 25.8 Å². The monoisotopic (exact) mass is 354 g/mol. The van der Waals surface area contributed by atoms with Crippen molar-refractivity contribution in [1.82, 2.24) is 9.13 Å². The molecule has 0 aromatic carbocycles. The van der Waals surface area contributed by atoms with Gasteiger partial charge in [-0.25, -0.2) is 19.0 Å². The lowest BCUT2D eigenvalue weighted by Gasteiger charge is -2.12. The largest absolute Gasteiger partial charge is 0.463 e. The number of carbonyl (C=O) groups is 2. The Bertz CT molecular complexity index is 828. The standard InChI is InChI=1S/C15H15ClN2O6/c1-4-7-17-13(20)10(16)9-18(15(17)22)11(14(21)24-6-3)8-12(19)23-5-2/h1,8-9H,5-7H2,2-3H3. The van der Waals surface area contributed by atoms with Gasteiger partial charge in [-0.3, -0.25) is 9.36 Å².